The van der Waals surface area contributed by atoms with E-state index in [0.29, 0.717) is 6.61 Å². The monoisotopic (exact) mass is 217 g/mol. The number of nitrogens with zero attached hydrogens (tertiary/aromatic N) is 1. The van der Waals surface area contributed by atoms with Crippen LogP contribution < -0.4 is 0 Å². The predicted molar refractivity (Wildman–Crippen MR) is 64.4 cm³/mol. The molecule has 0 rings (SSSR count). The molecular weight excluding hydrogens is 202 g/mol. The van der Waals surface area contributed by atoms with Crippen LogP contribution in [0.2, 0.25) is 0 Å². The summed E-state index contributed by atoms with van der Waals surface area (Å²) in [5, 5.41) is 0. The van der Waals surface area contributed by atoms with Crippen molar-refractivity contribution >= 4 is 29.2 Å². The van der Waals surface area contributed by atoms with Crippen molar-refractivity contribution in [3.05, 3.63) is 25.3 Å². The lowest BCUT2D eigenvalue weighted by Crippen LogP contribution is -2.28. The Morgan fingerprint density at radius 3 is 2.31 bits per heavy atom. The van der Waals surface area contributed by atoms with E-state index in [-0.39, 0.29) is 4.38 Å². The summed E-state index contributed by atoms with van der Waals surface area (Å²) in [7, 11) is 0. The van der Waals surface area contributed by atoms with E-state index in [4.69, 9.17) is 4.74 Å². The molecule has 0 N–H and O–H groups in total. The fourth-order valence-electron chi connectivity index (χ4n) is 0.884. The van der Waals surface area contributed by atoms with Crippen LogP contribution in [0.25, 0.3) is 0 Å². The molecule has 2 nitrogen and oxygen atoms in total. The van der Waals surface area contributed by atoms with Gasteiger partial charge >= 0.3 is 0 Å². The van der Waals surface area contributed by atoms with Gasteiger partial charge in [0, 0.05) is 19.6 Å². The highest BCUT2D eigenvalue weighted by Crippen LogP contribution is 1.92. The summed E-state index contributed by atoms with van der Waals surface area (Å²) in [6.45, 7) is 10.4. The minimum absolute atomic E-state index is 0.289. The lowest BCUT2D eigenvalue weighted by molar-refractivity contribution is 0.237. The first-order valence-corrected chi connectivity index (χ1v) is 4.86. The summed E-state index contributed by atoms with van der Waals surface area (Å²) in [6, 6.07) is 0. The summed E-state index contributed by atoms with van der Waals surface area (Å²) in [6.07, 6.45) is 3.70. The molecule has 74 valence electrons. The van der Waals surface area contributed by atoms with Gasteiger partial charge in [-0.1, -0.05) is 24.8 Å². The highest BCUT2D eigenvalue weighted by molar-refractivity contribution is 8.10. The van der Waals surface area contributed by atoms with E-state index in [0.717, 1.165) is 19.6 Å². The Bertz CT molecular complexity index is 172. The predicted octanol–water partition coefficient (Wildman–Crippen LogP) is 1.89. The third kappa shape index (κ3) is 8.02. The Morgan fingerprint density at radius 1 is 1.38 bits per heavy atom. The Labute approximate surface area is 90.7 Å². The Kier molecular flexibility index (Phi) is 8.08. The number of hydrogen-bond donors (Lipinski definition) is 1. The van der Waals surface area contributed by atoms with Crippen molar-refractivity contribution in [2.45, 2.75) is 0 Å². The third-order valence-corrected chi connectivity index (χ3v) is 1.65. The van der Waals surface area contributed by atoms with Gasteiger partial charge in [0.25, 0.3) is 0 Å². The third-order valence-electron chi connectivity index (χ3n) is 1.41. The molecule has 0 fully saturated rings. The van der Waals surface area contributed by atoms with Crippen LogP contribution in [0, 0.1) is 0 Å². The maximum atomic E-state index is 5.05. The van der Waals surface area contributed by atoms with Gasteiger partial charge in [0.15, 0.2) is 0 Å². The van der Waals surface area contributed by atoms with Gasteiger partial charge in [-0.25, -0.2) is 0 Å². The molecule has 4 heteroatoms. The molecule has 0 aliphatic rings. The first-order valence-electron chi connectivity index (χ1n) is 4.00. The Morgan fingerprint density at radius 2 is 1.92 bits per heavy atom. The second-order valence-electron chi connectivity index (χ2n) is 2.45. The van der Waals surface area contributed by atoms with Crippen LogP contribution in [0.1, 0.15) is 0 Å². The molecule has 0 aromatic carbocycles. The molecule has 0 spiro atoms. The van der Waals surface area contributed by atoms with E-state index in [1.807, 2.05) is 12.2 Å². The maximum Gasteiger partial charge on any atom is 0.216 e. The van der Waals surface area contributed by atoms with Crippen LogP contribution in [0.15, 0.2) is 25.3 Å². The molecule has 0 radical (unpaired) electrons. The topological polar surface area (TPSA) is 12.5 Å². The van der Waals surface area contributed by atoms with Crippen LogP contribution in [-0.2, 0) is 4.74 Å². The molecule has 0 unspecified atom stereocenters. The summed E-state index contributed by atoms with van der Waals surface area (Å²) >= 11 is 8.52. The van der Waals surface area contributed by atoms with Crippen LogP contribution in [0.5, 0.6) is 0 Å². The van der Waals surface area contributed by atoms with E-state index < -0.39 is 0 Å². The van der Waals surface area contributed by atoms with Crippen molar-refractivity contribution in [2.75, 3.05) is 26.2 Å². The van der Waals surface area contributed by atoms with Gasteiger partial charge in [-0.05, 0) is 12.2 Å². The second kappa shape index (κ2) is 8.29. The van der Waals surface area contributed by atoms with Crippen molar-refractivity contribution in [2.24, 2.45) is 0 Å². The van der Waals surface area contributed by atoms with Crippen LogP contribution in [0.4, 0.5) is 0 Å². The van der Waals surface area contributed by atoms with E-state index in [2.05, 4.69) is 42.9 Å². The van der Waals surface area contributed by atoms with Gasteiger partial charge in [0.05, 0.1) is 0 Å². The molecule has 0 aromatic heterocycles. The van der Waals surface area contributed by atoms with Gasteiger partial charge in [0.1, 0.15) is 6.61 Å². The van der Waals surface area contributed by atoms with Gasteiger partial charge < -0.3 is 4.74 Å². The zero-order chi connectivity index (χ0) is 10.1. The van der Waals surface area contributed by atoms with Crippen molar-refractivity contribution < 1.29 is 4.74 Å². The Balaban J connectivity index is 3.60. The summed E-state index contributed by atoms with van der Waals surface area (Å²) in [5.41, 5.74) is 0. The van der Waals surface area contributed by atoms with Crippen molar-refractivity contribution in [1.29, 1.82) is 0 Å². The molecule has 0 aromatic rings. The molecule has 0 bridgehead atoms. The van der Waals surface area contributed by atoms with E-state index in [1.54, 1.807) is 0 Å². The molecule has 13 heavy (non-hydrogen) atoms. The number of thiocarbonyl (C=S) groups is 1. The highest BCUT2D eigenvalue weighted by Gasteiger charge is 2.00. The first-order chi connectivity index (χ1) is 6.20. The number of rotatable bonds is 7. The number of thiol groups is 1. The largest absolute Gasteiger partial charge is 0.477 e. The van der Waals surface area contributed by atoms with Crippen LogP contribution in [0.3, 0.4) is 0 Å². The minimum Gasteiger partial charge on any atom is -0.477 e. The van der Waals surface area contributed by atoms with Crippen molar-refractivity contribution in [1.82, 2.24) is 4.90 Å². The molecule has 0 amide bonds. The molecular formula is C9H15NOS2. The van der Waals surface area contributed by atoms with Gasteiger partial charge in [-0.15, -0.1) is 13.2 Å². The molecule has 0 atom stereocenters. The lowest BCUT2D eigenvalue weighted by atomic mass is 10.4. The van der Waals surface area contributed by atoms with Crippen molar-refractivity contribution in [3.8, 4) is 0 Å². The van der Waals surface area contributed by atoms with Gasteiger partial charge in [-0.2, -0.15) is 0 Å². The van der Waals surface area contributed by atoms with Crippen LogP contribution in [-0.4, -0.2) is 35.5 Å². The molecule has 0 aliphatic heterocycles. The molecule has 0 saturated heterocycles. The maximum absolute atomic E-state index is 5.05. The average Bonchev–Trinajstić information content (AvgIpc) is 2.04. The second-order valence-corrected chi connectivity index (χ2v) is 3.53. The normalized spacial score (nSPS) is 9.69. The first kappa shape index (κ1) is 12.7. The smallest absolute Gasteiger partial charge is 0.216 e. The quantitative estimate of drug-likeness (QED) is 0.397. The average molecular weight is 217 g/mol. The SMILES string of the molecule is C=CCN(CC=C)CCOC(=S)S. The summed E-state index contributed by atoms with van der Waals surface area (Å²) in [5.74, 6) is 0. The minimum atomic E-state index is 0.289. The molecule has 0 heterocycles. The fraction of sp³-hybridized carbons (Fsp3) is 0.444. The van der Waals surface area contributed by atoms with Gasteiger partial charge in [-0.3, -0.25) is 4.90 Å². The van der Waals surface area contributed by atoms with E-state index in [1.165, 1.54) is 0 Å². The van der Waals surface area contributed by atoms with Crippen LogP contribution >= 0.6 is 24.8 Å². The Hall–Kier alpha value is -0.320. The number of hydrogen-bond acceptors (Lipinski definition) is 3. The van der Waals surface area contributed by atoms with E-state index >= 15 is 0 Å². The summed E-state index contributed by atoms with van der Waals surface area (Å²) < 4.78 is 5.34. The fourth-order valence-corrected chi connectivity index (χ4v) is 1.06. The molecule has 0 saturated carbocycles. The van der Waals surface area contributed by atoms with Crippen molar-refractivity contribution in [3.63, 3.8) is 0 Å². The highest BCUT2D eigenvalue weighted by atomic mass is 32.1. The standard InChI is InChI=1S/C9H15NOS2/c1-3-5-10(6-4-2)7-8-11-9(12)13/h3-4H,1-2,5-8H2,(H,12,13). The summed E-state index contributed by atoms with van der Waals surface area (Å²) in [4.78, 5) is 2.14. The van der Waals surface area contributed by atoms with E-state index in [9.17, 15) is 0 Å². The van der Waals surface area contributed by atoms with Gasteiger partial charge in [0.2, 0.25) is 4.38 Å². The number of ether oxygens (including phenoxy) is 1. The molecule has 0 aliphatic carbocycles. The lowest BCUT2D eigenvalue weighted by Gasteiger charge is -2.18. The zero-order valence-corrected chi connectivity index (χ0v) is 9.32. The zero-order valence-electron chi connectivity index (χ0n) is 7.61.